The Balaban J connectivity index is 2.82. The molecule has 2 nitrogen and oxygen atoms in total. The number of benzene rings is 1. The van der Waals surface area contributed by atoms with Crippen LogP contribution in [-0.2, 0) is 0 Å². The van der Waals surface area contributed by atoms with Crippen molar-refractivity contribution in [2.24, 2.45) is 0 Å². The van der Waals surface area contributed by atoms with E-state index in [1.807, 2.05) is 48.8 Å². The number of nitrogens with zero attached hydrogens (tertiary/aromatic N) is 1. The minimum Gasteiger partial charge on any atom is -0.339 e. The predicted octanol–water partition coefficient (Wildman–Crippen LogP) is 3.50. The molecule has 0 aliphatic carbocycles. The number of thiol groups is 1. The van der Waals surface area contributed by atoms with E-state index >= 15 is 0 Å². The van der Waals surface area contributed by atoms with E-state index in [4.69, 9.17) is 0 Å². The Hall–Kier alpha value is -0.610. The zero-order valence-corrected chi connectivity index (χ0v) is 13.1. The van der Waals surface area contributed by atoms with Crippen LogP contribution in [0.4, 0.5) is 0 Å². The zero-order chi connectivity index (χ0) is 13.7. The summed E-state index contributed by atoms with van der Waals surface area (Å²) in [6.45, 7) is 4.05. The van der Waals surface area contributed by atoms with Crippen molar-refractivity contribution in [2.75, 3.05) is 19.1 Å². The average Bonchev–Trinajstić information content (AvgIpc) is 2.37. The van der Waals surface area contributed by atoms with Crippen molar-refractivity contribution in [3.05, 3.63) is 29.3 Å². The fraction of sp³-hybridized carbons (Fsp3) is 0.500. The monoisotopic (exact) mass is 283 g/mol. The third-order valence-electron chi connectivity index (χ3n) is 3.17. The molecule has 0 fully saturated rings. The molecule has 0 bridgehead atoms. The standard InChI is InChI=1S/C14H21NOS2/c1-10-5-6-12(17)9-13(10)14(16)15(3)11(2)7-8-18-4/h5-6,9,11,17H,7-8H2,1-4H3. The number of carbonyl (C=O) groups excluding carboxylic acids is 1. The predicted molar refractivity (Wildman–Crippen MR) is 83.0 cm³/mol. The van der Waals surface area contributed by atoms with Gasteiger partial charge in [-0.15, -0.1) is 12.6 Å². The van der Waals surface area contributed by atoms with Gasteiger partial charge in [-0.25, -0.2) is 0 Å². The summed E-state index contributed by atoms with van der Waals surface area (Å²) in [5, 5.41) is 0. The van der Waals surface area contributed by atoms with Crippen molar-refractivity contribution in [1.82, 2.24) is 4.90 Å². The van der Waals surface area contributed by atoms with E-state index in [9.17, 15) is 4.79 Å². The Morgan fingerprint density at radius 2 is 2.17 bits per heavy atom. The fourth-order valence-corrected chi connectivity index (χ4v) is 2.49. The molecule has 0 aromatic heterocycles. The SMILES string of the molecule is CSCCC(C)N(C)C(=O)c1cc(S)ccc1C. The maximum atomic E-state index is 12.4. The number of carbonyl (C=O) groups is 1. The lowest BCUT2D eigenvalue weighted by atomic mass is 10.1. The highest BCUT2D eigenvalue weighted by Gasteiger charge is 2.18. The number of hydrogen-bond acceptors (Lipinski definition) is 3. The number of amides is 1. The molecule has 18 heavy (non-hydrogen) atoms. The summed E-state index contributed by atoms with van der Waals surface area (Å²) in [4.78, 5) is 15.1. The van der Waals surface area contributed by atoms with Crippen LogP contribution in [0.2, 0.25) is 0 Å². The minimum atomic E-state index is 0.0806. The zero-order valence-electron chi connectivity index (χ0n) is 11.4. The van der Waals surface area contributed by atoms with Crippen molar-refractivity contribution in [2.45, 2.75) is 31.2 Å². The van der Waals surface area contributed by atoms with E-state index < -0.39 is 0 Å². The van der Waals surface area contributed by atoms with Crippen LogP contribution < -0.4 is 0 Å². The number of hydrogen-bond donors (Lipinski definition) is 1. The van der Waals surface area contributed by atoms with Crippen LogP contribution in [0.3, 0.4) is 0 Å². The van der Waals surface area contributed by atoms with Gasteiger partial charge in [0.1, 0.15) is 0 Å². The summed E-state index contributed by atoms with van der Waals surface area (Å²) < 4.78 is 0. The van der Waals surface area contributed by atoms with Crippen LogP contribution in [0, 0.1) is 6.92 Å². The summed E-state index contributed by atoms with van der Waals surface area (Å²) >= 11 is 6.11. The lowest BCUT2D eigenvalue weighted by molar-refractivity contribution is 0.0740. The molecule has 0 saturated heterocycles. The van der Waals surface area contributed by atoms with Gasteiger partial charge in [0.2, 0.25) is 0 Å². The van der Waals surface area contributed by atoms with Gasteiger partial charge in [-0.1, -0.05) is 6.07 Å². The molecular weight excluding hydrogens is 262 g/mol. The molecule has 100 valence electrons. The second kappa shape index (κ2) is 7.10. The lowest BCUT2D eigenvalue weighted by Gasteiger charge is -2.25. The summed E-state index contributed by atoms with van der Waals surface area (Å²) in [5.74, 6) is 1.15. The van der Waals surface area contributed by atoms with Crippen LogP contribution in [0.1, 0.15) is 29.3 Å². The first-order valence-electron chi connectivity index (χ1n) is 6.03. The summed E-state index contributed by atoms with van der Waals surface area (Å²) in [7, 11) is 1.87. The summed E-state index contributed by atoms with van der Waals surface area (Å²) in [6, 6.07) is 5.95. The third kappa shape index (κ3) is 3.95. The Labute approximate surface area is 120 Å². The topological polar surface area (TPSA) is 20.3 Å². The average molecular weight is 283 g/mol. The smallest absolute Gasteiger partial charge is 0.254 e. The Kier molecular flexibility index (Phi) is 6.09. The molecule has 0 heterocycles. The summed E-state index contributed by atoms with van der Waals surface area (Å²) in [6.07, 6.45) is 3.10. The minimum absolute atomic E-state index is 0.0806. The van der Waals surface area contributed by atoms with Gasteiger partial charge >= 0.3 is 0 Å². The van der Waals surface area contributed by atoms with Crippen LogP contribution >= 0.6 is 24.4 Å². The molecule has 4 heteroatoms. The van der Waals surface area contributed by atoms with E-state index in [-0.39, 0.29) is 11.9 Å². The molecule has 1 atom stereocenters. The van der Waals surface area contributed by atoms with Gasteiger partial charge in [0.15, 0.2) is 0 Å². The molecule has 1 rings (SSSR count). The van der Waals surface area contributed by atoms with Crippen LogP contribution in [0.5, 0.6) is 0 Å². The van der Waals surface area contributed by atoms with Crippen molar-refractivity contribution in [3.63, 3.8) is 0 Å². The Bertz CT molecular complexity index is 420. The molecule has 1 aromatic carbocycles. The summed E-state index contributed by atoms with van der Waals surface area (Å²) in [5.41, 5.74) is 1.75. The number of rotatable bonds is 5. The van der Waals surface area contributed by atoms with Gasteiger partial charge in [-0.2, -0.15) is 11.8 Å². The van der Waals surface area contributed by atoms with Crippen LogP contribution in [0.25, 0.3) is 0 Å². The van der Waals surface area contributed by atoms with Gasteiger partial charge < -0.3 is 4.90 Å². The van der Waals surface area contributed by atoms with E-state index in [0.717, 1.165) is 28.2 Å². The van der Waals surface area contributed by atoms with E-state index in [2.05, 4.69) is 25.8 Å². The fourth-order valence-electron chi connectivity index (χ4n) is 1.71. The van der Waals surface area contributed by atoms with Crippen molar-refractivity contribution < 1.29 is 4.79 Å². The van der Waals surface area contributed by atoms with Crippen molar-refractivity contribution in [1.29, 1.82) is 0 Å². The molecule has 1 aromatic rings. The second-order valence-corrected chi connectivity index (χ2v) is 6.05. The molecule has 1 unspecified atom stereocenters. The van der Waals surface area contributed by atoms with Crippen molar-refractivity contribution in [3.8, 4) is 0 Å². The molecule has 1 amide bonds. The number of thioether (sulfide) groups is 1. The highest BCUT2D eigenvalue weighted by Crippen LogP contribution is 2.17. The largest absolute Gasteiger partial charge is 0.339 e. The molecule has 0 radical (unpaired) electrons. The molecule has 0 spiro atoms. The first-order valence-corrected chi connectivity index (χ1v) is 7.87. The van der Waals surface area contributed by atoms with E-state index in [1.54, 1.807) is 0 Å². The highest BCUT2D eigenvalue weighted by molar-refractivity contribution is 7.98. The van der Waals surface area contributed by atoms with Crippen LogP contribution in [-0.4, -0.2) is 35.9 Å². The van der Waals surface area contributed by atoms with Gasteiger partial charge in [-0.3, -0.25) is 4.79 Å². The Morgan fingerprint density at radius 1 is 1.50 bits per heavy atom. The maximum Gasteiger partial charge on any atom is 0.254 e. The first kappa shape index (κ1) is 15.4. The first-order chi connectivity index (χ1) is 8.47. The molecule has 0 aliphatic rings. The lowest BCUT2D eigenvalue weighted by Crippen LogP contribution is -2.35. The van der Waals surface area contributed by atoms with Gasteiger partial charge in [0.25, 0.3) is 5.91 Å². The second-order valence-electron chi connectivity index (χ2n) is 4.55. The number of aryl methyl sites for hydroxylation is 1. The van der Waals surface area contributed by atoms with Gasteiger partial charge in [0.05, 0.1) is 0 Å². The normalized spacial score (nSPS) is 12.3. The Morgan fingerprint density at radius 3 is 2.78 bits per heavy atom. The molecule has 0 saturated carbocycles. The highest BCUT2D eigenvalue weighted by atomic mass is 32.2. The molecule has 0 aliphatic heterocycles. The van der Waals surface area contributed by atoms with E-state index in [0.29, 0.717) is 0 Å². The van der Waals surface area contributed by atoms with Crippen molar-refractivity contribution >= 4 is 30.3 Å². The van der Waals surface area contributed by atoms with Gasteiger partial charge in [0, 0.05) is 23.5 Å². The van der Waals surface area contributed by atoms with Gasteiger partial charge in [-0.05, 0) is 50.0 Å². The quantitative estimate of drug-likeness (QED) is 0.835. The molecular formula is C14H21NOS2. The van der Waals surface area contributed by atoms with Crippen LogP contribution in [0.15, 0.2) is 23.1 Å². The maximum absolute atomic E-state index is 12.4. The third-order valence-corrected chi connectivity index (χ3v) is 4.09. The molecule has 0 N–H and O–H groups in total. The van der Waals surface area contributed by atoms with E-state index in [1.165, 1.54) is 0 Å².